The number of aryl methyl sites for hydroxylation is 1. The number of aromatic nitrogens is 3. The van der Waals surface area contributed by atoms with Gasteiger partial charge in [-0.2, -0.15) is 0 Å². The summed E-state index contributed by atoms with van der Waals surface area (Å²) in [5.41, 5.74) is 2.23. The molecule has 0 saturated heterocycles. The lowest BCUT2D eigenvalue weighted by atomic mass is 10.0. The molecule has 2 aromatic rings. The summed E-state index contributed by atoms with van der Waals surface area (Å²) in [6.45, 7) is 3.40. The van der Waals surface area contributed by atoms with Gasteiger partial charge in [0, 0.05) is 37.1 Å². The second-order valence-electron chi connectivity index (χ2n) is 4.57. The van der Waals surface area contributed by atoms with Crippen LogP contribution < -0.4 is 0 Å². The maximum Gasteiger partial charge on any atom is 0.109 e. The van der Waals surface area contributed by atoms with E-state index in [1.807, 2.05) is 24.5 Å². The summed E-state index contributed by atoms with van der Waals surface area (Å²) in [4.78, 5) is 8.74. The third-order valence-corrected chi connectivity index (χ3v) is 3.23. The fourth-order valence-corrected chi connectivity index (χ4v) is 2.25. The number of rotatable bonds is 1. The van der Waals surface area contributed by atoms with Crippen LogP contribution >= 0.6 is 0 Å². The Morgan fingerprint density at radius 3 is 2.94 bits per heavy atom. The van der Waals surface area contributed by atoms with E-state index in [1.54, 1.807) is 0 Å². The first-order valence-corrected chi connectivity index (χ1v) is 5.79. The van der Waals surface area contributed by atoms with Crippen LogP contribution in [0.2, 0.25) is 0 Å². The first-order chi connectivity index (χ1) is 7.83. The van der Waals surface area contributed by atoms with Crippen molar-refractivity contribution in [3.05, 3.63) is 36.5 Å². The lowest BCUT2D eigenvalue weighted by Crippen LogP contribution is -2.16. The van der Waals surface area contributed by atoms with Crippen molar-refractivity contribution in [2.75, 3.05) is 0 Å². The molecule has 16 heavy (non-hydrogen) atoms. The van der Waals surface area contributed by atoms with Gasteiger partial charge in [-0.05, 0) is 24.5 Å². The molecule has 0 bridgehead atoms. The first kappa shape index (κ1) is 9.58. The SMILES string of the molecule is C[C@H]1CCn2cc(-c3ccncc3)nc2C1. The van der Waals surface area contributed by atoms with Crippen molar-refractivity contribution >= 4 is 0 Å². The Kier molecular flexibility index (Phi) is 2.24. The minimum atomic E-state index is 0.764. The van der Waals surface area contributed by atoms with Gasteiger partial charge in [0.25, 0.3) is 0 Å². The molecule has 0 aliphatic carbocycles. The molecule has 3 heteroatoms. The molecular weight excluding hydrogens is 198 g/mol. The second kappa shape index (κ2) is 3.74. The molecular formula is C13H15N3. The minimum Gasteiger partial charge on any atom is -0.334 e. The number of hydrogen-bond donors (Lipinski definition) is 0. The summed E-state index contributed by atoms with van der Waals surface area (Å²) in [7, 11) is 0. The number of hydrogen-bond acceptors (Lipinski definition) is 2. The molecule has 1 aliphatic heterocycles. The zero-order valence-electron chi connectivity index (χ0n) is 9.43. The van der Waals surface area contributed by atoms with Gasteiger partial charge in [0.05, 0.1) is 5.69 Å². The predicted octanol–water partition coefficient (Wildman–Crippen LogP) is 2.53. The van der Waals surface area contributed by atoms with Gasteiger partial charge in [-0.1, -0.05) is 6.92 Å². The fourth-order valence-electron chi connectivity index (χ4n) is 2.25. The van der Waals surface area contributed by atoms with Crippen LogP contribution in [0.25, 0.3) is 11.3 Å². The molecule has 1 aliphatic rings. The average Bonchev–Trinajstić information content (AvgIpc) is 2.73. The van der Waals surface area contributed by atoms with Crippen molar-refractivity contribution in [3.63, 3.8) is 0 Å². The summed E-state index contributed by atoms with van der Waals surface area (Å²) in [5, 5.41) is 0. The Labute approximate surface area is 95.2 Å². The molecule has 82 valence electrons. The quantitative estimate of drug-likeness (QED) is 0.728. The zero-order chi connectivity index (χ0) is 11.0. The van der Waals surface area contributed by atoms with Crippen LogP contribution in [0, 0.1) is 5.92 Å². The zero-order valence-corrected chi connectivity index (χ0v) is 9.43. The summed E-state index contributed by atoms with van der Waals surface area (Å²) in [6, 6.07) is 4.02. The fraction of sp³-hybridized carbons (Fsp3) is 0.385. The molecule has 0 fully saturated rings. The van der Waals surface area contributed by atoms with E-state index in [4.69, 9.17) is 4.98 Å². The minimum absolute atomic E-state index is 0.764. The van der Waals surface area contributed by atoms with Crippen molar-refractivity contribution in [2.45, 2.75) is 26.3 Å². The molecule has 3 rings (SSSR count). The van der Waals surface area contributed by atoms with Crippen LogP contribution in [0.1, 0.15) is 19.2 Å². The largest absolute Gasteiger partial charge is 0.334 e. The van der Waals surface area contributed by atoms with Gasteiger partial charge in [-0.25, -0.2) is 4.98 Å². The van der Waals surface area contributed by atoms with Crippen LogP contribution in [-0.4, -0.2) is 14.5 Å². The van der Waals surface area contributed by atoms with Gasteiger partial charge in [0.1, 0.15) is 5.82 Å². The third kappa shape index (κ3) is 1.62. The maximum absolute atomic E-state index is 4.71. The summed E-state index contributed by atoms with van der Waals surface area (Å²) in [5.74, 6) is 1.99. The van der Waals surface area contributed by atoms with Crippen molar-refractivity contribution in [2.24, 2.45) is 5.92 Å². The molecule has 0 saturated carbocycles. The van der Waals surface area contributed by atoms with Crippen LogP contribution in [0.15, 0.2) is 30.7 Å². The molecule has 0 radical (unpaired) electrons. The number of nitrogens with zero attached hydrogens (tertiary/aromatic N) is 3. The lowest BCUT2D eigenvalue weighted by Gasteiger charge is -2.18. The van der Waals surface area contributed by atoms with Gasteiger partial charge in [-0.15, -0.1) is 0 Å². The first-order valence-electron chi connectivity index (χ1n) is 5.79. The van der Waals surface area contributed by atoms with Crippen molar-refractivity contribution in [1.82, 2.24) is 14.5 Å². The standard InChI is InChI=1S/C13H15N3/c1-10-4-7-16-9-12(15-13(16)8-10)11-2-5-14-6-3-11/h2-3,5-6,9-10H,4,7-8H2,1H3/t10-/m0/s1. The van der Waals surface area contributed by atoms with E-state index in [9.17, 15) is 0 Å². The summed E-state index contributed by atoms with van der Waals surface area (Å²) < 4.78 is 2.29. The van der Waals surface area contributed by atoms with E-state index < -0.39 is 0 Å². The Bertz CT molecular complexity index is 487. The highest BCUT2D eigenvalue weighted by Crippen LogP contribution is 2.24. The number of imidazole rings is 1. The topological polar surface area (TPSA) is 30.7 Å². The van der Waals surface area contributed by atoms with Gasteiger partial charge in [0.2, 0.25) is 0 Å². The molecule has 2 aromatic heterocycles. The molecule has 3 heterocycles. The highest BCUT2D eigenvalue weighted by Gasteiger charge is 2.17. The predicted molar refractivity (Wildman–Crippen MR) is 62.9 cm³/mol. The van der Waals surface area contributed by atoms with Crippen LogP contribution in [-0.2, 0) is 13.0 Å². The summed E-state index contributed by atoms with van der Waals surface area (Å²) in [6.07, 6.45) is 8.16. The normalized spacial score (nSPS) is 19.4. The van der Waals surface area contributed by atoms with Gasteiger partial charge < -0.3 is 4.57 Å². The van der Waals surface area contributed by atoms with Crippen LogP contribution in [0.5, 0.6) is 0 Å². The van der Waals surface area contributed by atoms with Gasteiger partial charge >= 0.3 is 0 Å². The van der Waals surface area contributed by atoms with E-state index in [0.29, 0.717) is 0 Å². The Morgan fingerprint density at radius 1 is 1.31 bits per heavy atom. The molecule has 0 unspecified atom stereocenters. The maximum atomic E-state index is 4.71. The monoisotopic (exact) mass is 213 g/mol. The van der Waals surface area contributed by atoms with Crippen molar-refractivity contribution < 1.29 is 0 Å². The van der Waals surface area contributed by atoms with E-state index >= 15 is 0 Å². The van der Waals surface area contributed by atoms with Gasteiger partial charge in [0.15, 0.2) is 0 Å². The van der Waals surface area contributed by atoms with E-state index in [2.05, 4.69) is 22.7 Å². The Morgan fingerprint density at radius 2 is 2.12 bits per heavy atom. The Hall–Kier alpha value is -1.64. The van der Waals surface area contributed by atoms with Gasteiger partial charge in [-0.3, -0.25) is 4.98 Å². The van der Waals surface area contributed by atoms with Crippen molar-refractivity contribution in [3.8, 4) is 11.3 Å². The highest BCUT2D eigenvalue weighted by molar-refractivity contribution is 5.57. The van der Waals surface area contributed by atoms with E-state index in [-0.39, 0.29) is 0 Å². The van der Waals surface area contributed by atoms with Crippen LogP contribution in [0.3, 0.4) is 0 Å². The number of fused-ring (bicyclic) bond motifs is 1. The third-order valence-electron chi connectivity index (χ3n) is 3.23. The molecule has 0 N–H and O–H groups in total. The Balaban J connectivity index is 1.99. The lowest BCUT2D eigenvalue weighted by molar-refractivity contribution is 0.409. The molecule has 1 atom stereocenters. The molecule has 0 spiro atoms. The van der Waals surface area contributed by atoms with Crippen LogP contribution in [0.4, 0.5) is 0 Å². The average molecular weight is 213 g/mol. The smallest absolute Gasteiger partial charge is 0.109 e. The van der Waals surface area contributed by atoms with Crippen molar-refractivity contribution in [1.29, 1.82) is 0 Å². The molecule has 0 amide bonds. The van der Waals surface area contributed by atoms with E-state index in [1.165, 1.54) is 12.2 Å². The molecule has 0 aromatic carbocycles. The summed E-state index contributed by atoms with van der Waals surface area (Å²) >= 11 is 0. The highest BCUT2D eigenvalue weighted by atomic mass is 15.1. The number of pyridine rings is 1. The second-order valence-corrected chi connectivity index (χ2v) is 4.57. The molecule has 3 nitrogen and oxygen atoms in total. The van der Waals surface area contributed by atoms with E-state index in [0.717, 1.165) is 30.1 Å².